The Kier molecular flexibility index (Phi) is 8.63. The van der Waals surface area contributed by atoms with Crippen LogP contribution in [0.3, 0.4) is 0 Å². The molecule has 3 fully saturated rings. The van der Waals surface area contributed by atoms with Crippen LogP contribution < -0.4 is 15.5 Å². The maximum atomic E-state index is 13.6. The number of piperidine rings is 1. The molecule has 3 aliphatic rings. The number of aryl methyl sites for hydroxylation is 1. The van der Waals surface area contributed by atoms with Gasteiger partial charge in [0.05, 0.1) is 27.9 Å². The number of hydrogen-bond donors (Lipinski definition) is 2. The lowest BCUT2D eigenvalue weighted by atomic mass is 9.88. The van der Waals surface area contributed by atoms with Gasteiger partial charge in [0, 0.05) is 43.8 Å². The predicted molar refractivity (Wildman–Crippen MR) is 165 cm³/mol. The molecule has 13 heteroatoms. The molecule has 0 amide bonds. The highest BCUT2D eigenvalue weighted by Crippen LogP contribution is 2.37. The first-order valence-corrected chi connectivity index (χ1v) is 18.2. The summed E-state index contributed by atoms with van der Waals surface area (Å²) in [5, 5.41) is 13.9. The van der Waals surface area contributed by atoms with Crippen molar-refractivity contribution in [3.05, 3.63) is 65.0 Å². The number of aliphatic hydroxyl groups excluding tert-OH is 1. The molecular weight excluding hydrogens is 606 g/mol. The van der Waals surface area contributed by atoms with E-state index in [2.05, 4.69) is 5.32 Å². The fraction of sp³-hybridized carbons (Fsp3) is 0.516. The number of sulfonamides is 1. The van der Waals surface area contributed by atoms with Crippen molar-refractivity contribution < 1.29 is 31.4 Å². The first-order valence-electron chi connectivity index (χ1n) is 15.2. The van der Waals surface area contributed by atoms with Crippen molar-refractivity contribution in [3.63, 3.8) is 0 Å². The summed E-state index contributed by atoms with van der Waals surface area (Å²) in [5.74, 6) is 0.396. The van der Waals surface area contributed by atoms with Crippen molar-refractivity contribution in [2.45, 2.75) is 78.4 Å². The average molecular weight is 646 g/mol. The van der Waals surface area contributed by atoms with Gasteiger partial charge < -0.3 is 24.5 Å². The summed E-state index contributed by atoms with van der Waals surface area (Å²) < 4.78 is 67.3. The van der Waals surface area contributed by atoms with E-state index in [1.807, 2.05) is 19.1 Å². The van der Waals surface area contributed by atoms with E-state index in [4.69, 9.17) is 9.47 Å². The van der Waals surface area contributed by atoms with Crippen LogP contribution in [0, 0.1) is 0 Å². The molecule has 0 radical (unpaired) electrons. The molecule has 2 unspecified atom stereocenters. The van der Waals surface area contributed by atoms with E-state index < -0.39 is 37.0 Å². The van der Waals surface area contributed by atoms with Crippen LogP contribution in [-0.2, 0) is 31.1 Å². The highest BCUT2D eigenvalue weighted by Gasteiger charge is 2.45. The lowest BCUT2D eigenvalue weighted by molar-refractivity contribution is -0.0312. The molecule has 2 aromatic carbocycles. The van der Waals surface area contributed by atoms with Crippen LogP contribution in [0.1, 0.15) is 39.0 Å². The molecule has 6 rings (SSSR count). The number of aromatic nitrogens is 1. The summed E-state index contributed by atoms with van der Waals surface area (Å²) in [5.41, 5.74) is -0.240. The molecule has 238 valence electrons. The maximum absolute atomic E-state index is 13.6. The number of pyridine rings is 1. The monoisotopic (exact) mass is 645 g/mol. The molecule has 0 bridgehead atoms. The van der Waals surface area contributed by atoms with E-state index in [-0.39, 0.29) is 47.3 Å². The molecule has 3 heterocycles. The van der Waals surface area contributed by atoms with Crippen molar-refractivity contribution in [1.82, 2.24) is 14.2 Å². The number of benzene rings is 2. The Morgan fingerprint density at radius 2 is 1.84 bits per heavy atom. The largest absolute Gasteiger partial charge is 0.491 e. The molecular formula is C31H39N3O8S2. The number of nitrogens with one attached hydrogen (secondary N) is 1. The van der Waals surface area contributed by atoms with Crippen LogP contribution in [-0.4, -0.2) is 86.7 Å². The number of fused-ring (bicyclic) bond motifs is 1. The Balaban J connectivity index is 1.01. The summed E-state index contributed by atoms with van der Waals surface area (Å²) in [6.45, 7) is 3.64. The molecule has 2 aliphatic heterocycles. The second-order valence-electron chi connectivity index (χ2n) is 12.0. The number of para-hydroxylation sites is 1. The summed E-state index contributed by atoms with van der Waals surface area (Å²) in [7, 11) is -7.31. The zero-order chi connectivity index (χ0) is 31.1. The minimum absolute atomic E-state index is 0.0000249. The van der Waals surface area contributed by atoms with Crippen LogP contribution in [0.15, 0.2) is 69.3 Å². The molecule has 1 aliphatic carbocycles. The molecule has 1 aromatic heterocycles. The first kappa shape index (κ1) is 31.2. The summed E-state index contributed by atoms with van der Waals surface area (Å²) >= 11 is 0. The predicted octanol–water partition coefficient (Wildman–Crippen LogP) is 2.30. The third kappa shape index (κ3) is 6.18. The molecule has 1 spiro atoms. The van der Waals surface area contributed by atoms with E-state index in [9.17, 15) is 26.7 Å². The minimum atomic E-state index is -3.99. The number of nitrogens with zero attached hydrogens (tertiary/aromatic N) is 2. The van der Waals surface area contributed by atoms with Gasteiger partial charge in [-0.3, -0.25) is 4.79 Å². The molecule has 11 nitrogen and oxygen atoms in total. The molecule has 1 saturated carbocycles. The topological polar surface area (TPSA) is 144 Å². The molecule has 2 atom stereocenters. The zero-order valence-corrected chi connectivity index (χ0v) is 26.4. The van der Waals surface area contributed by atoms with Crippen molar-refractivity contribution in [3.8, 4) is 5.75 Å². The van der Waals surface area contributed by atoms with Crippen LogP contribution in [0.5, 0.6) is 5.75 Å². The van der Waals surface area contributed by atoms with Gasteiger partial charge >= 0.3 is 0 Å². The Labute approximate surface area is 257 Å². The van der Waals surface area contributed by atoms with Gasteiger partial charge in [-0.2, -0.15) is 4.31 Å². The number of rotatable bonds is 11. The van der Waals surface area contributed by atoms with Crippen molar-refractivity contribution in [2.24, 2.45) is 0 Å². The minimum Gasteiger partial charge on any atom is -0.491 e. The van der Waals surface area contributed by atoms with Gasteiger partial charge in [-0.05, 0) is 69.4 Å². The maximum Gasteiger partial charge on any atom is 0.248 e. The van der Waals surface area contributed by atoms with Crippen molar-refractivity contribution >= 4 is 30.8 Å². The number of sulfone groups is 1. The summed E-state index contributed by atoms with van der Waals surface area (Å²) in [6, 6.07) is 13.4. The van der Waals surface area contributed by atoms with Crippen LogP contribution >= 0.6 is 0 Å². The normalized spacial score (nSPS) is 21.5. The Morgan fingerprint density at radius 3 is 2.57 bits per heavy atom. The highest BCUT2D eigenvalue weighted by atomic mass is 32.2. The lowest BCUT2D eigenvalue weighted by Gasteiger charge is -2.38. The van der Waals surface area contributed by atoms with E-state index in [1.54, 1.807) is 34.9 Å². The van der Waals surface area contributed by atoms with E-state index in [0.29, 0.717) is 61.9 Å². The van der Waals surface area contributed by atoms with Gasteiger partial charge in [0.25, 0.3) is 0 Å². The highest BCUT2D eigenvalue weighted by molar-refractivity contribution is 7.92. The second kappa shape index (κ2) is 12.2. The van der Waals surface area contributed by atoms with E-state index in [1.165, 1.54) is 16.6 Å². The third-order valence-electron chi connectivity index (χ3n) is 8.94. The fourth-order valence-corrected chi connectivity index (χ4v) is 9.46. The third-order valence-corrected chi connectivity index (χ3v) is 13.1. The van der Waals surface area contributed by atoms with Crippen LogP contribution in [0.4, 0.5) is 0 Å². The standard InChI is InChI=1S/C31H39N3O8S2/c1-2-33-19-29(30(36)27-8-3-4-9-28(27)33)44(39,40)34-14-12-31(13-15-34)17-22(20-42-31)32-18-23(35)21-41-24-6-5-7-26(16-24)43(37,38)25-10-11-25/h3-9,16,19,22-23,25,32,35H,2,10-15,17-18,20-21H2,1H3. The first-order chi connectivity index (χ1) is 21.0. The SMILES string of the molecule is CCn1cc(S(=O)(=O)N2CCC3(CC2)CC(NCC(O)COc2cccc(S(=O)(=O)C4CC4)c2)CO3)c(=O)c2ccccc21. The fourth-order valence-electron chi connectivity index (χ4n) is 6.23. The molecule has 2 saturated heterocycles. The zero-order valence-electron chi connectivity index (χ0n) is 24.7. The van der Waals surface area contributed by atoms with E-state index in [0.717, 1.165) is 0 Å². The number of aliphatic hydroxyl groups is 1. The van der Waals surface area contributed by atoms with Gasteiger partial charge in [-0.25, -0.2) is 16.8 Å². The summed E-state index contributed by atoms with van der Waals surface area (Å²) in [6.07, 6.45) is 3.70. The average Bonchev–Trinajstić information content (AvgIpc) is 3.83. The smallest absolute Gasteiger partial charge is 0.248 e. The molecule has 44 heavy (non-hydrogen) atoms. The van der Waals surface area contributed by atoms with Gasteiger partial charge in [0.2, 0.25) is 15.5 Å². The lowest BCUT2D eigenvalue weighted by Crippen LogP contribution is -2.47. The Morgan fingerprint density at radius 1 is 1.09 bits per heavy atom. The second-order valence-corrected chi connectivity index (χ2v) is 16.2. The summed E-state index contributed by atoms with van der Waals surface area (Å²) in [4.78, 5) is 13.3. The van der Waals surface area contributed by atoms with Crippen molar-refractivity contribution in [1.29, 1.82) is 0 Å². The van der Waals surface area contributed by atoms with Crippen molar-refractivity contribution in [2.75, 3.05) is 32.8 Å². The van der Waals surface area contributed by atoms with Crippen LogP contribution in [0.25, 0.3) is 10.9 Å². The number of ether oxygens (including phenoxy) is 2. The molecule has 2 N–H and O–H groups in total. The number of hydrogen-bond acceptors (Lipinski definition) is 9. The van der Waals surface area contributed by atoms with Gasteiger partial charge in [-0.1, -0.05) is 18.2 Å². The quantitative estimate of drug-likeness (QED) is 0.321. The van der Waals surface area contributed by atoms with Crippen LogP contribution in [0.2, 0.25) is 0 Å². The Hall–Kier alpha value is -2.81. The Bertz CT molecular complexity index is 1800. The van der Waals surface area contributed by atoms with Gasteiger partial charge in [-0.15, -0.1) is 0 Å². The van der Waals surface area contributed by atoms with Gasteiger partial charge in [0.1, 0.15) is 23.4 Å². The van der Waals surface area contributed by atoms with Gasteiger partial charge in [0.15, 0.2) is 9.84 Å². The molecule has 3 aromatic rings. The van der Waals surface area contributed by atoms with E-state index >= 15 is 0 Å².